The number of hydrogen-bond donors (Lipinski definition) is 2. The highest BCUT2D eigenvalue weighted by Gasteiger charge is 2.30. The smallest absolute Gasteiger partial charge is 0.147 e. The maximum absolute atomic E-state index is 6.07. The molecule has 3 N–H and O–H groups in total. The van der Waals surface area contributed by atoms with Gasteiger partial charge in [-0.25, -0.2) is 0 Å². The molecule has 1 fully saturated rings. The quantitative estimate of drug-likeness (QED) is 0.887. The van der Waals surface area contributed by atoms with Crippen LogP contribution < -0.4 is 11.1 Å². The summed E-state index contributed by atoms with van der Waals surface area (Å²) in [6.45, 7) is 4.67. The summed E-state index contributed by atoms with van der Waals surface area (Å²) < 4.78 is 4.34. The Labute approximate surface area is 124 Å². The number of nitrogens with zero attached hydrogens (tertiary/aromatic N) is 1. The molecule has 4 heteroatoms. The van der Waals surface area contributed by atoms with E-state index in [4.69, 9.17) is 5.73 Å². The topological polar surface area (TPSA) is 50.9 Å². The van der Waals surface area contributed by atoms with Gasteiger partial charge in [-0.3, -0.25) is 0 Å². The van der Waals surface area contributed by atoms with Gasteiger partial charge >= 0.3 is 0 Å². The van der Waals surface area contributed by atoms with Crippen LogP contribution in [0.3, 0.4) is 0 Å². The molecule has 3 nitrogen and oxygen atoms in total. The van der Waals surface area contributed by atoms with Crippen molar-refractivity contribution >= 4 is 22.4 Å². The van der Waals surface area contributed by atoms with Gasteiger partial charge in [-0.1, -0.05) is 44.2 Å². The van der Waals surface area contributed by atoms with E-state index in [1.807, 2.05) is 18.2 Å². The second-order valence-corrected chi connectivity index (χ2v) is 6.58. The monoisotopic (exact) mass is 287 g/mol. The molecule has 20 heavy (non-hydrogen) atoms. The largest absolute Gasteiger partial charge is 0.382 e. The van der Waals surface area contributed by atoms with Crippen molar-refractivity contribution in [2.45, 2.75) is 32.7 Å². The lowest BCUT2D eigenvalue weighted by atomic mass is 9.97. The summed E-state index contributed by atoms with van der Waals surface area (Å²) in [7, 11) is 0. The highest BCUT2D eigenvalue weighted by molar-refractivity contribution is 7.11. The van der Waals surface area contributed by atoms with Gasteiger partial charge in [0.1, 0.15) is 10.8 Å². The fourth-order valence-corrected chi connectivity index (χ4v) is 3.82. The number of benzene rings is 1. The summed E-state index contributed by atoms with van der Waals surface area (Å²) in [4.78, 5) is 0. The molecule has 3 atom stereocenters. The van der Waals surface area contributed by atoms with Gasteiger partial charge < -0.3 is 11.1 Å². The molecule has 1 aliphatic rings. The second kappa shape index (κ2) is 5.44. The molecule has 0 radical (unpaired) electrons. The zero-order valence-electron chi connectivity index (χ0n) is 12.0. The molecule has 0 bridgehead atoms. The second-order valence-electron chi connectivity index (χ2n) is 5.80. The highest BCUT2D eigenvalue weighted by Crippen LogP contribution is 2.40. The summed E-state index contributed by atoms with van der Waals surface area (Å²) in [5, 5.41) is 4.80. The van der Waals surface area contributed by atoms with Crippen LogP contribution in [-0.2, 0) is 0 Å². The first-order valence-electron chi connectivity index (χ1n) is 7.24. The van der Waals surface area contributed by atoms with Crippen molar-refractivity contribution in [1.29, 1.82) is 0 Å². The molecule has 0 amide bonds. The van der Waals surface area contributed by atoms with Crippen LogP contribution >= 0.6 is 11.5 Å². The Hall–Kier alpha value is -1.55. The molecule has 3 unspecified atom stereocenters. The summed E-state index contributed by atoms with van der Waals surface area (Å²) >= 11 is 1.48. The van der Waals surface area contributed by atoms with Gasteiger partial charge in [0.2, 0.25) is 0 Å². The summed E-state index contributed by atoms with van der Waals surface area (Å²) in [6.07, 6.45) is 2.53. The van der Waals surface area contributed by atoms with E-state index in [9.17, 15) is 0 Å². The Morgan fingerprint density at radius 1 is 1.20 bits per heavy atom. The van der Waals surface area contributed by atoms with Crippen LogP contribution in [0.1, 0.15) is 26.7 Å². The number of rotatable bonds is 3. The lowest BCUT2D eigenvalue weighted by molar-refractivity contribution is 0.436. The minimum atomic E-state index is 0.535. The van der Waals surface area contributed by atoms with Crippen molar-refractivity contribution in [1.82, 2.24) is 4.37 Å². The van der Waals surface area contributed by atoms with Crippen molar-refractivity contribution in [2.24, 2.45) is 11.8 Å². The van der Waals surface area contributed by atoms with E-state index in [2.05, 4.69) is 35.7 Å². The van der Waals surface area contributed by atoms with E-state index in [1.54, 1.807) is 0 Å². The molecule has 3 rings (SSSR count). The van der Waals surface area contributed by atoms with E-state index >= 15 is 0 Å². The Bertz CT molecular complexity index is 579. The van der Waals surface area contributed by atoms with Crippen LogP contribution in [0.5, 0.6) is 0 Å². The van der Waals surface area contributed by atoms with Crippen molar-refractivity contribution in [2.75, 3.05) is 11.1 Å². The summed E-state index contributed by atoms with van der Waals surface area (Å²) in [6, 6.07) is 10.8. The standard InChI is InChI=1S/C16H21N3S/c1-10-8-9-13(11(10)2)18-16-14(15(17)19-20-16)12-6-4-3-5-7-12/h3-7,10-11,13,18H,8-9H2,1-2H3,(H2,17,19). The molecule has 0 spiro atoms. The first kappa shape index (κ1) is 13.4. The molecular formula is C16H21N3S. The number of anilines is 2. The van der Waals surface area contributed by atoms with Gasteiger partial charge in [0.25, 0.3) is 0 Å². The van der Waals surface area contributed by atoms with Gasteiger partial charge in [0.15, 0.2) is 0 Å². The predicted molar refractivity (Wildman–Crippen MR) is 86.9 cm³/mol. The van der Waals surface area contributed by atoms with Crippen LogP contribution in [0, 0.1) is 11.8 Å². The Balaban J connectivity index is 1.88. The average Bonchev–Trinajstić information content (AvgIpc) is 2.98. The SMILES string of the molecule is CC1CCC(Nc2snc(N)c2-c2ccccc2)C1C. The molecule has 1 aliphatic carbocycles. The number of nitrogens with two attached hydrogens (primary N) is 1. The third-order valence-electron chi connectivity index (χ3n) is 4.56. The van der Waals surface area contributed by atoms with Gasteiger partial charge in [0.05, 0.1) is 5.56 Å². The number of hydrogen-bond acceptors (Lipinski definition) is 4. The maximum Gasteiger partial charge on any atom is 0.147 e. The lowest BCUT2D eigenvalue weighted by Crippen LogP contribution is -2.23. The van der Waals surface area contributed by atoms with Crippen molar-refractivity contribution in [3.05, 3.63) is 30.3 Å². The average molecular weight is 287 g/mol. The van der Waals surface area contributed by atoms with E-state index in [-0.39, 0.29) is 0 Å². The van der Waals surface area contributed by atoms with Crippen LogP contribution in [0.25, 0.3) is 11.1 Å². The zero-order chi connectivity index (χ0) is 14.1. The molecule has 106 valence electrons. The minimum Gasteiger partial charge on any atom is -0.382 e. The highest BCUT2D eigenvalue weighted by atomic mass is 32.1. The van der Waals surface area contributed by atoms with Crippen molar-refractivity contribution in [3.63, 3.8) is 0 Å². The number of nitrogen functional groups attached to an aromatic ring is 1. The van der Waals surface area contributed by atoms with Crippen molar-refractivity contribution in [3.8, 4) is 11.1 Å². The van der Waals surface area contributed by atoms with Gasteiger partial charge in [-0.15, -0.1) is 0 Å². The van der Waals surface area contributed by atoms with Gasteiger partial charge in [0, 0.05) is 6.04 Å². The molecule has 1 aromatic heterocycles. The van der Waals surface area contributed by atoms with Crippen LogP contribution in [0.2, 0.25) is 0 Å². The molecular weight excluding hydrogens is 266 g/mol. The maximum atomic E-state index is 6.07. The lowest BCUT2D eigenvalue weighted by Gasteiger charge is -2.20. The Kier molecular flexibility index (Phi) is 3.66. The third-order valence-corrected chi connectivity index (χ3v) is 5.36. The van der Waals surface area contributed by atoms with E-state index in [0.717, 1.165) is 22.0 Å². The van der Waals surface area contributed by atoms with E-state index < -0.39 is 0 Å². The molecule has 1 saturated carbocycles. The number of nitrogens with one attached hydrogen (secondary N) is 1. The van der Waals surface area contributed by atoms with Crippen LogP contribution in [0.4, 0.5) is 10.8 Å². The fraction of sp³-hybridized carbons (Fsp3) is 0.438. The fourth-order valence-electron chi connectivity index (χ4n) is 3.02. The molecule has 2 aromatic rings. The Morgan fingerprint density at radius 3 is 2.60 bits per heavy atom. The molecule has 0 saturated heterocycles. The molecule has 1 heterocycles. The molecule has 1 aromatic carbocycles. The first-order valence-corrected chi connectivity index (χ1v) is 8.01. The normalized spacial score (nSPS) is 25.8. The van der Waals surface area contributed by atoms with Crippen LogP contribution in [0.15, 0.2) is 30.3 Å². The van der Waals surface area contributed by atoms with Gasteiger partial charge in [-0.2, -0.15) is 4.37 Å². The molecule has 0 aliphatic heterocycles. The van der Waals surface area contributed by atoms with Crippen molar-refractivity contribution < 1.29 is 0 Å². The van der Waals surface area contributed by atoms with Gasteiger partial charge in [-0.05, 0) is 41.8 Å². The van der Waals surface area contributed by atoms with Crippen LogP contribution in [-0.4, -0.2) is 10.4 Å². The van der Waals surface area contributed by atoms with E-state index in [0.29, 0.717) is 17.8 Å². The first-order chi connectivity index (χ1) is 9.66. The summed E-state index contributed by atoms with van der Waals surface area (Å²) in [5.74, 6) is 2.11. The minimum absolute atomic E-state index is 0.535. The summed E-state index contributed by atoms with van der Waals surface area (Å²) in [5.41, 5.74) is 8.27. The Morgan fingerprint density at radius 2 is 1.95 bits per heavy atom. The van der Waals surface area contributed by atoms with E-state index in [1.165, 1.54) is 24.4 Å². The third kappa shape index (κ3) is 2.40. The zero-order valence-corrected chi connectivity index (χ0v) is 12.8. The predicted octanol–water partition coefficient (Wildman–Crippen LogP) is 4.24. The number of aromatic nitrogens is 1.